The number of benzene rings is 2. The van der Waals surface area contributed by atoms with Crippen LogP contribution in [0.25, 0.3) is 0 Å². The van der Waals surface area contributed by atoms with Crippen molar-refractivity contribution in [2.24, 2.45) is 29.4 Å². The zero-order chi connectivity index (χ0) is 31.6. The van der Waals surface area contributed by atoms with Crippen LogP contribution in [-0.2, 0) is 30.3 Å². The minimum Gasteiger partial charge on any atom is -0.458 e. The Morgan fingerprint density at radius 3 is 1.71 bits per heavy atom. The summed E-state index contributed by atoms with van der Waals surface area (Å²) in [7, 11) is 0. The highest BCUT2D eigenvalue weighted by molar-refractivity contribution is 5.79. The second-order valence-electron chi connectivity index (χ2n) is 11.1. The second kappa shape index (κ2) is 15.9. The molecule has 2 aromatic rings. The molecule has 42 heavy (non-hydrogen) atoms. The Hall–Kier alpha value is -3.92. The maximum Gasteiger partial charge on any atom is 0.514 e. The van der Waals surface area contributed by atoms with Crippen LogP contribution in [0, 0.1) is 23.7 Å². The summed E-state index contributed by atoms with van der Waals surface area (Å²) in [5.41, 5.74) is 6.69. The van der Waals surface area contributed by atoms with Crippen molar-refractivity contribution in [3.8, 4) is 17.2 Å². The second-order valence-corrected chi connectivity index (χ2v) is 11.1. The smallest absolute Gasteiger partial charge is 0.458 e. The SMILES string of the molecule is CC(C)C(C)C(=O)Oc1ccc(C[C@H](N)C(=O)O[C@@H](C)[C@H](C)OC(=O)Oc2ccccc2)cc1OC(=O)C(C)C(C)C. The van der Waals surface area contributed by atoms with E-state index in [-0.39, 0.29) is 35.7 Å². The molecular weight excluding hydrogens is 542 g/mol. The molecule has 0 saturated heterocycles. The third-order valence-electron chi connectivity index (χ3n) is 7.12. The number of carbonyl (C=O) groups excluding carboxylic acids is 4. The van der Waals surface area contributed by atoms with Gasteiger partial charge in [0, 0.05) is 0 Å². The highest BCUT2D eigenvalue weighted by Gasteiger charge is 2.27. The van der Waals surface area contributed by atoms with E-state index in [4.69, 9.17) is 29.4 Å². The standard InChI is InChI=1S/C32H43NO9/c1-18(2)20(5)29(34)41-27-15-14-24(17-28(27)42-30(35)21(6)19(3)4)16-26(33)31(36)38-22(7)23(8)39-32(37)40-25-12-10-9-11-13-25/h9-15,17-23,26H,16,33H2,1-8H3/t20?,21?,22-,23-,26-/m0/s1. The van der Waals surface area contributed by atoms with Gasteiger partial charge in [0.2, 0.25) is 0 Å². The lowest BCUT2D eigenvalue weighted by molar-refractivity contribution is -0.155. The summed E-state index contributed by atoms with van der Waals surface area (Å²) in [6.07, 6.45) is -2.52. The Morgan fingerprint density at radius 2 is 1.17 bits per heavy atom. The summed E-state index contributed by atoms with van der Waals surface area (Å²) < 4.78 is 26.9. The van der Waals surface area contributed by atoms with Crippen LogP contribution >= 0.6 is 0 Å². The molecule has 2 rings (SSSR count). The van der Waals surface area contributed by atoms with E-state index in [1.807, 2.05) is 27.7 Å². The van der Waals surface area contributed by atoms with Gasteiger partial charge in [0.05, 0.1) is 11.8 Å². The molecule has 0 aliphatic carbocycles. The highest BCUT2D eigenvalue weighted by Crippen LogP contribution is 2.31. The van der Waals surface area contributed by atoms with Crippen molar-refractivity contribution in [3.05, 3.63) is 54.1 Å². The normalized spacial score (nSPS) is 14.7. The van der Waals surface area contributed by atoms with Gasteiger partial charge in [-0.05, 0) is 61.9 Å². The first-order valence-corrected chi connectivity index (χ1v) is 14.1. The van der Waals surface area contributed by atoms with E-state index < -0.39 is 48.2 Å². The lowest BCUT2D eigenvalue weighted by Gasteiger charge is -2.22. The Kier molecular flexibility index (Phi) is 13.0. The van der Waals surface area contributed by atoms with Gasteiger partial charge in [-0.15, -0.1) is 0 Å². The summed E-state index contributed by atoms with van der Waals surface area (Å²) in [4.78, 5) is 50.2. The molecule has 10 nitrogen and oxygen atoms in total. The molecule has 0 aliphatic rings. The van der Waals surface area contributed by atoms with Crippen molar-refractivity contribution in [1.82, 2.24) is 0 Å². The van der Waals surface area contributed by atoms with Crippen LogP contribution in [0.3, 0.4) is 0 Å². The molecule has 0 fully saturated rings. The highest BCUT2D eigenvalue weighted by atomic mass is 16.7. The number of carbonyl (C=O) groups is 4. The van der Waals surface area contributed by atoms with Crippen LogP contribution in [-0.4, -0.2) is 42.3 Å². The maximum atomic E-state index is 12.7. The fourth-order valence-electron chi connectivity index (χ4n) is 3.35. The molecule has 10 heteroatoms. The average molecular weight is 586 g/mol. The van der Waals surface area contributed by atoms with E-state index in [0.29, 0.717) is 11.3 Å². The van der Waals surface area contributed by atoms with Crippen LogP contribution < -0.4 is 19.9 Å². The Bertz CT molecular complexity index is 1210. The molecule has 0 radical (unpaired) electrons. The molecule has 0 spiro atoms. The molecular formula is C32H43NO9. The maximum absolute atomic E-state index is 12.7. The van der Waals surface area contributed by atoms with Gasteiger partial charge < -0.3 is 29.4 Å². The molecule has 230 valence electrons. The molecule has 0 aliphatic heterocycles. The monoisotopic (exact) mass is 585 g/mol. The molecule has 2 unspecified atom stereocenters. The molecule has 2 N–H and O–H groups in total. The predicted octanol–water partition coefficient (Wildman–Crippen LogP) is 5.49. The molecule has 2 aromatic carbocycles. The summed E-state index contributed by atoms with van der Waals surface area (Å²) >= 11 is 0. The van der Waals surface area contributed by atoms with E-state index >= 15 is 0 Å². The number of esters is 3. The summed E-state index contributed by atoms with van der Waals surface area (Å²) in [5.74, 6) is -1.87. The number of para-hydroxylation sites is 1. The van der Waals surface area contributed by atoms with Crippen LogP contribution in [0.4, 0.5) is 4.79 Å². The van der Waals surface area contributed by atoms with E-state index in [9.17, 15) is 19.2 Å². The average Bonchev–Trinajstić information content (AvgIpc) is 2.93. The molecule has 0 bridgehead atoms. The van der Waals surface area contributed by atoms with Crippen molar-refractivity contribution >= 4 is 24.1 Å². The fourth-order valence-corrected chi connectivity index (χ4v) is 3.35. The zero-order valence-electron chi connectivity index (χ0n) is 25.6. The van der Waals surface area contributed by atoms with Gasteiger partial charge in [0.15, 0.2) is 11.5 Å². The van der Waals surface area contributed by atoms with Gasteiger partial charge in [0.25, 0.3) is 0 Å². The van der Waals surface area contributed by atoms with Gasteiger partial charge in [0.1, 0.15) is 24.0 Å². The molecule has 0 heterocycles. The zero-order valence-corrected chi connectivity index (χ0v) is 25.6. The number of nitrogens with two attached hydrogens (primary N) is 1. The van der Waals surface area contributed by atoms with Crippen molar-refractivity contribution in [2.75, 3.05) is 0 Å². The van der Waals surface area contributed by atoms with Crippen LogP contribution in [0.5, 0.6) is 17.2 Å². The third kappa shape index (κ3) is 10.5. The summed E-state index contributed by atoms with van der Waals surface area (Å²) in [5, 5.41) is 0. The molecule has 0 amide bonds. The number of hydrogen-bond acceptors (Lipinski definition) is 10. The van der Waals surface area contributed by atoms with Gasteiger partial charge in [-0.2, -0.15) is 0 Å². The van der Waals surface area contributed by atoms with Crippen LogP contribution in [0.1, 0.15) is 61.0 Å². The summed E-state index contributed by atoms with van der Waals surface area (Å²) in [6, 6.07) is 12.0. The van der Waals surface area contributed by atoms with E-state index in [1.54, 1.807) is 64.1 Å². The Morgan fingerprint density at radius 1 is 0.643 bits per heavy atom. The Balaban J connectivity index is 2.08. The largest absolute Gasteiger partial charge is 0.514 e. The first-order chi connectivity index (χ1) is 19.7. The first kappa shape index (κ1) is 34.3. The number of hydrogen-bond donors (Lipinski definition) is 1. The lowest BCUT2D eigenvalue weighted by Crippen LogP contribution is -2.39. The van der Waals surface area contributed by atoms with Gasteiger partial charge in [-0.3, -0.25) is 14.4 Å². The van der Waals surface area contributed by atoms with E-state index in [1.165, 1.54) is 12.1 Å². The third-order valence-corrected chi connectivity index (χ3v) is 7.12. The van der Waals surface area contributed by atoms with Crippen LogP contribution in [0.2, 0.25) is 0 Å². The van der Waals surface area contributed by atoms with E-state index in [2.05, 4.69) is 0 Å². The molecule has 0 aromatic heterocycles. The quantitative estimate of drug-likeness (QED) is 0.182. The predicted molar refractivity (Wildman–Crippen MR) is 156 cm³/mol. The molecule has 5 atom stereocenters. The van der Waals surface area contributed by atoms with E-state index in [0.717, 1.165) is 0 Å². The number of ether oxygens (including phenoxy) is 5. The fraction of sp³-hybridized carbons (Fsp3) is 0.500. The minimum absolute atomic E-state index is 0.0318. The minimum atomic E-state index is -1.08. The number of rotatable bonds is 13. The van der Waals surface area contributed by atoms with Crippen molar-refractivity contribution in [1.29, 1.82) is 0 Å². The van der Waals surface area contributed by atoms with Crippen LogP contribution in [0.15, 0.2) is 48.5 Å². The Labute approximate surface area is 247 Å². The summed E-state index contributed by atoms with van der Waals surface area (Å²) in [6.45, 7) is 14.3. The topological polar surface area (TPSA) is 140 Å². The molecule has 0 saturated carbocycles. The van der Waals surface area contributed by atoms with Gasteiger partial charge in [-0.1, -0.05) is 65.8 Å². The van der Waals surface area contributed by atoms with Gasteiger partial charge in [-0.25, -0.2) is 4.79 Å². The van der Waals surface area contributed by atoms with Gasteiger partial charge >= 0.3 is 24.1 Å². The lowest BCUT2D eigenvalue weighted by atomic mass is 9.98. The van der Waals surface area contributed by atoms with Crippen molar-refractivity contribution in [3.63, 3.8) is 0 Å². The van der Waals surface area contributed by atoms with Crippen molar-refractivity contribution < 1.29 is 42.9 Å². The van der Waals surface area contributed by atoms with Crippen molar-refractivity contribution in [2.45, 2.75) is 80.1 Å². The first-order valence-electron chi connectivity index (χ1n) is 14.1.